The Balaban J connectivity index is 1.38. The van der Waals surface area contributed by atoms with Gasteiger partial charge in [-0.15, -0.1) is 13.2 Å². The van der Waals surface area contributed by atoms with E-state index in [1.165, 1.54) is 30.7 Å². The van der Waals surface area contributed by atoms with Crippen LogP contribution >= 0.6 is 0 Å². The first kappa shape index (κ1) is 23.6. The summed E-state index contributed by atoms with van der Waals surface area (Å²) in [5.74, 6) is 6.69. The number of ether oxygens (including phenoxy) is 2. The zero-order chi connectivity index (χ0) is 23.4. The first-order valence-electron chi connectivity index (χ1n) is 11.6. The Bertz CT molecular complexity index is 1000. The summed E-state index contributed by atoms with van der Waals surface area (Å²) in [5.41, 5.74) is 1.78. The molecule has 4 atom stereocenters. The number of halogens is 4. The van der Waals surface area contributed by atoms with Gasteiger partial charge in [-0.1, -0.05) is 17.9 Å². The Morgan fingerprint density at radius 3 is 2.33 bits per heavy atom. The molecular weight excluding hydrogens is 432 g/mol. The average molecular weight is 461 g/mol. The van der Waals surface area contributed by atoms with Gasteiger partial charge in [0.05, 0.1) is 11.7 Å². The Kier molecular flexibility index (Phi) is 7.29. The highest BCUT2D eigenvalue weighted by molar-refractivity contribution is 5.45. The molecule has 2 aliphatic rings. The molecule has 2 saturated carbocycles. The Morgan fingerprint density at radius 2 is 1.64 bits per heavy atom. The summed E-state index contributed by atoms with van der Waals surface area (Å²) < 4.78 is 61.2. The van der Waals surface area contributed by atoms with Crippen molar-refractivity contribution < 1.29 is 27.0 Å². The lowest BCUT2D eigenvalue weighted by atomic mass is 9.65. The van der Waals surface area contributed by atoms with Crippen molar-refractivity contribution in [3.63, 3.8) is 0 Å². The van der Waals surface area contributed by atoms with E-state index in [1.807, 2.05) is 6.07 Å². The van der Waals surface area contributed by atoms with E-state index < -0.39 is 6.36 Å². The van der Waals surface area contributed by atoms with Gasteiger partial charge < -0.3 is 9.47 Å². The molecule has 33 heavy (non-hydrogen) atoms. The lowest BCUT2D eigenvalue weighted by Crippen LogP contribution is -2.33. The van der Waals surface area contributed by atoms with Gasteiger partial charge in [0.25, 0.3) is 0 Å². The van der Waals surface area contributed by atoms with E-state index in [9.17, 15) is 17.6 Å². The summed E-state index contributed by atoms with van der Waals surface area (Å²) >= 11 is 0. The maximum absolute atomic E-state index is 14.8. The molecule has 6 heteroatoms. The molecule has 2 nitrogen and oxygen atoms in total. The van der Waals surface area contributed by atoms with Gasteiger partial charge >= 0.3 is 6.36 Å². The molecule has 176 valence electrons. The van der Waals surface area contributed by atoms with Crippen LogP contribution < -0.4 is 4.74 Å². The third-order valence-corrected chi connectivity index (χ3v) is 6.86. The van der Waals surface area contributed by atoms with Gasteiger partial charge in [0.2, 0.25) is 0 Å². The van der Waals surface area contributed by atoms with Crippen molar-refractivity contribution in [2.45, 2.75) is 63.8 Å². The molecule has 0 spiro atoms. The normalized spacial score (nSPS) is 25.0. The predicted molar refractivity (Wildman–Crippen MR) is 118 cm³/mol. The zero-order valence-electron chi connectivity index (χ0n) is 18.6. The molecule has 0 saturated heterocycles. The molecule has 0 bridgehead atoms. The van der Waals surface area contributed by atoms with Crippen LogP contribution in [0.15, 0.2) is 42.5 Å². The minimum Gasteiger partial charge on any atom is -0.406 e. The van der Waals surface area contributed by atoms with Crippen LogP contribution in [0.4, 0.5) is 17.6 Å². The number of fused-ring (bicyclic) bond motifs is 1. The molecule has 4 rings (SSSR count). The van der Waals surface area contributed by atoms with E-state index in [0.29, 0.717) is 23.5 Å². The summed E-state index contributed by atoms with van der Waals surface area (Å²) in [6.07, 6.45) is 2.44. The molecule has 2 aromatic carbocycles. The predicted octanol–water partition coefficient (Wildman–Crippen LogP) is 7.21. The second-order valence-electron chi connectivity index (χ2n) is 8.98. The Morgan fingerprint density at radius 1 is 0.909 bits per heavy atom. The van der Waals surface area contributed by atoms with E-state index in [4.69, 9.17) is 4.74 Å². The molecular formula is C27H28F4O2. The summed E-state index contributed by atoms with van der Waals surface area (Å²) in [7, 11) is 0. The zero-order valence-corrected chi connectivity index (χ0v) is 18.6. The molecule has 0 aromatic heterocycles. The van der Waals surface area contributed by atoms with Crippen LogP contribution in [0.1, 0.15) is 68.1 Å². The number of hydrogen-bond donors (Lipinski definition) is 0. The van der Waals surface area contributed by atoms with Gasteiger partial charge in [0.1, 0.15) is 11.6 Å². The highest BCUT2D eigenvalue weighted by atomic mass is 19.4. The fourth-order valence-electron chi connectivity index (χ4n) is 5.30. The second kappa shape index (κ2) is 10.2. The van der Waals surface area contributed by atoms with Crippen LogP contribution in [0, 0.1) is 29.5 Å². The highest BCUT2D eigenvalue weighted by Gasteiger charge is 2.36. The maximum atomic E-state index is 14.8. The van der Waals surface area contributed by atoms with Gasteiger partial charge in [0.15, 0.2) is 0 Å². The Labute approximate surface area is 192 Å². The largest absolute Gasteiger partial charge is 0.573 e. The smallest absolute Gasteiger partial charge is 0.406 e. The molecule has 0 N–H and O–H groups in total. The van der Waals surface area contributed by atoms with Gasteiger partial charge in [-0.3, -0.25) is 0 Å². The first-order chi connectivity index (χ1) is 15.8. The van der Waals surface area contributed by atoms with Crippen molar-refractivity contribution in [1.82, 2.24) is 0 Å². The second-order valence-corrected chi connectivity index (χ2v) is 8.98. The monoisotopic (exact) mass is 460 g/mol. The number of benzene rings is 2. The van der Waals surface area contributed by atoms with Crippen LogP contribution in [0.25, 0.3) is 0 Å². The molecule has 0 heterocycles. The van der Waals surface area contributed by atoms with Crippen molar-refractivity contribution in [2.24, 2.45) is 11.8 Å². The fourth-order valence-corrected chi connectivity index (χ4v) is 5.30. The van der Waals surface area contributed by atoms with Crippen LogP contribution in [0.2, 0.25) is 0 Å². The summed E-state index contributed by atoms with van der Waals surface area (Å²) in [6, 6.07) is 10.5. The fraction of sp³-hybridized carbons (Fsp3) is 0.481. The molecule has 0 amide bonds. The maximum Gasteiger partial charge on any atom is 0.573 e. The summed E-state index contributed by atoms with van der Waals surface area (Å²) in [5, 5.41) is 0. The van der Waals surface area contributed by atoms with Gasteiger partial charge in [0, 0.05) is 12.2 Å². The summed E-state index contributed by atoms with van der Waals surface area (Å²) in [6.45, 7) is 2.83. The highest BCUT2D eigenvalue weighted by Crippen LogP contribution is 2.46. The average Bonchev–Trinajstić information content (AvgIpc) is 2.78. The van der Waals surface area contributed by atoms with Crippen LogP contribution in [0.3, 0.4) is 0 Å². The lowest BCUT2D eigenvalue weighted by molar-refractivity contribution is -0.274. The molecule has 2 fully saturated rings. The van der Waals surface area contributed by atoms with Crippen molar-refractivity contribution in [3.05, 3.63) is 65.0 Å². The third kappa shape index (κ3) is 6.29. The Hall–Kier alpha value is -2.52. The van der Waals surface area contributed by atoms with E-state index in [-0.39, 0.29) is 17.1 Å². The van der Waals surface area contributed by atoms with Crippen LogP contribution in [-0.4, -0.2) is 19.1 Å². The molecule has 4 unspecified atom stereocenters. The standard InChI is InChI=1S/C27H28F4O2/c1-2-32-25-14-11-21-15-20(9-10-22(21)16-25)23-8-7-19(26(28)17-23)6-3-18-4-12-24(13-5-18)33-27(29,30)31/h4-5,7-8,12-13,17,20-22,25H,2,9-11,14-16H2,1H3. The molecule has 0 aliphatic heterocycles. The number of rotatable bonds is 4. The molecule has 2 aliphatic carbocycles. The van der Waals surface area contributed by atoms with E-state index in [1.54, 1.807) is 12.1 Å². The van der Waals surface area contributed by atoms with Gasteiger partial charge in [-0.2, -0.15) is 0 Å². The van der Waals surface area contributed by atoms with E-state index in [0.717, 1.165) is 50.2 Å². The SMILES string of the molecule is CCOC1CCC2CC(c3ccc(C#Cc4ccc(OC(F)(F)F)cc4)c(F)c3)CCC2C1. The van der Waals surface area contributed by atoms with Crippen LogP contribution in [-0.2, 0) is 4.74 Å². The van der Waals surface area contributed by atoms with Crippen molar-refractivity contribution >= 4 is 0 Å². The summed E-state index contributed by atoms with van der Waals surface area (Å²) in [4.78, 5) is 0. The van der Waals surface area contributed by atoms with E-state index >= 15 is 0 Å². The lowest BCUT2D eigenvalue weighted by Gasteiger charge is -2.42. The van der Waals surface area contributed by atoms with Crippen molar-refractivity contribution in [1.29, 1.82) is 0 Å². The number of alkyl halides is 3. The van der Waals surface area contributed by atoms with Gasteiger partial charge in [-0.25, -0.2) is 4.39 Å². The quantitative estimate of drug-likeness (QED) is 0.354. The van der Waals surface area contributed by atoms with Crippen molar-refractivity contribution in [2.75, 3.05) is 6.61 Å². The van der Waals surface area contributed by atoms with Crippen LogP contribution in [0.5, 0.6) is 5.75 Å². The minimum atomic E-state index is -4.74. The molecule has 2 aromatic rings. The van der Waals surface area contributed by atoms with Crippen molar-refractivity contribution in [3.8, 4) is 17.6 Å². The van der Waals surface area contributed by atoms with E-state index in [2.05, 4.69) is 23.5 Å². The van der Waals surface area contributed by atoms with Gasteiger partial charge in [-0.05, 0) is 105 Å². The third-order valence-electron chi connectivity index (χ3n) is 6.86. The topological polar surface area (TPSA) is 18.5 Å². The number of hydrogen-bond acceptors (Lipinski definition) is 2. The first-order valence-corrected chi connectivity index (χ1v) is 11.6. The molecule has 0 radical (unpaired) electrons. The minimum absolute atomic E-state index is 0.278.